The number of hydrogen-bond acceptors (Lipinski definition) is 4. The second-order valence-electron chi connectivity index (χ2n) is 7.08. The summed E-state index contributed by atoms with van der Waals surface area (Å²) >= 11 is 0. The van der Waals surface area contributed by atoms with Crippen molar-refractivity contribution in [3.05, 3.63) is 77.9 Å². The number of rotatable bonds is 8. The maximum atomic E-state index is 12.8. The minimum absolute atomic E-state index is 0.248. The van der Waals surface area contributed by atoms with Crippen LogP contribution >= 0.6 is 0 Å². The summed E-state index contributed by atoms with van der Waals surface area (Å²) < 4.78 is 0. The van der Waals surface area contributed by atoms with Crippen molar-refractivity contribution in [2.75, 3.05) is 4.90 Å². The fourth-order valence-electron chi connectivity index (χ4n) is 3.06. The van der Waals surface area contributed by atoms with Gasteiger partial charge in [0.15, 0.2) is 0 Å². The van der Waals surface area contributed by atoms with Crippen molar-refractivity contribution >= 4 is 24.6 Å². The highest BCUT2D eigenvalue weighted by Crippen LogP contribution is 2.18. The summed E-state index contributed by atoms with van der Waals surface area (Å²) in [5.41, 5.74) is 3.64. The van der Waals surface area contributed by atoms with E-state index in [1.807, 2.05) is 38.1 Å². The summed E-state index contributed by atoms with van der Waals surface area (Å²) in [7, 11) is -1.74. The first-order valence-corrected chi connectivity index (χ1v) is 9.48. The van der Waals surface area contributed by atoms with Crippen LogP contribution in [0.5, 0.6) is 0 Å². The van der Waals surface area contributed by atoms with Crippen LogP contribution in [0.2, 0.25) is 0 Å². The molecule has 2 aromatic rings. The molecule has 0 aliphatic rings. The molecule has 2 rings (SSSR count). The van der Waals surface area contributed by atoms with E-state index in [9.17, 15) is 19.6 Å². The van der Waals surface area contributed by atoms with E-state index in [2.05, 4.69) is 11.9 Å². The Labute approximate surface area is 172 Å². The molecule has 29 heavy (non-hydrogen) atoms. The molecule has 0 aliphatic carbocycles. The monoisotopic (exact) mass is 394 g/mol. The molecule has 0 saturated heterocycles. The maximum Gasteiger partial charge on any atom is 0.475 e. The Hall–Kier alpha value is -2.90. The van der Waals surface area contributed by atoms with Gasteiger partial charge in [0.25, 0.3) is 5.91 Å². The molecular formula is C22H27BN2O4. The Balaban J connectivity index is 2.19. The molecule has 0 bridgehead atoms. The molecule has 7 heteroatoms. The largest absolute Gasteiger partial charge is 0.475 e. The number of nitrogens with one attached hydrogen (secondary N) is 1. The fourth-order valence-corrected chi connectivity index (χ4v) is 3.06. The number of nitrogens with zero attached hydrogens (tertiary/aromatic N) is 1. The van der Waals surface area contributed by atoms with Crippen molar-refractivity contribution in [3.8, 4) is 0 Å². The van der Waals surface area contributed by atoms with E-state index < -0.39 is 30.9 Å². The normalized spacial score (nSPS) is 12.6. The zero-order valence-electron chi connectivity index (χ0n) is 17.0. The van der Waals surface area contributed by atoms with Crippen LogP contribution in [0.3, 0.4) is 0 Å². The lowest BCUT2D eigenvalue weighted by Crippen LogP contribution is -2.55. The molecule has 1 unspecified atom stereocenters. The molecule has 0 aliphatic heterocycles. The van der Waals surface area contributed by atoms with Gasteiger partial charge in [0.1, 0.15) is 6.04 Å². The van der Waals surface area contributed by atoms with Crippen LogP contribution in [-0.2, 0) is 16.0 Å². The summed E-state index contributed by atoms with van der Waals surface area (Å²) in [6.07, 6.45) is 1.39. The second kappa shape index (κ2) is 10.0. The second-order valence-corrected chi connectivity index (χ2v) is 7.08. The van der Waals surface area contributed by atoms with E-state index in [0.717, 1.165) is 22.8 Å². The molecule has 2 atom stereocenters. The lowest BCUT2D eigenvalue weighted by Gasteiger charge is -2.29. The number of para-hydroxylation sites is 1. The highest BCUT2D eigenvalue weighted by Gasteiger charge is 2.31. The van der Waals surface area contributed by atoms with Gasteiger partial charge in [-0.05, 0) is 62.1 Å². The van der Waals surface area contributed by atoms with Gasteiger partial charge in [-0.3, -0.25) is 14.5 Å². The van der Waals surface area contributed by atoms with E-state index in [1.54, 1.807) is 31.2 Å². The molecule has 0 heterocycles. The minimum Gasteiger partial charge on any atom is -0.426 e. The highest BCUT2D eigenvalue weighted by atomic mass is 16.4. The molecule has 152 valence electrons. The average Bonchev–Trinajstić information content (AvgIpc) is 2.70. The van der Waals surface area contributed by atoms with Gasteiger partial charge in [-0.2, -0.15) is 0 Å². The topological polar surface area (TPSA) is 89.9 Å². The van der Waals surface area contributed by atoms with Crippen molar-refractivity contribution in [2.45, 2.75) is 39.2 Å². The van der Waals surface area contributed by atoms with Crippen molar-refractivity contribution in [3.63, 3.8) is 0 Å². The van der Waals surface area contributed by atoms with Crippen LogP contribution in [0.15, 0.2) is 61.2 Å². The molecule has 0 saturated carbocycles. The minimum atomic E-state index is -1.74. The summed E-state index contributed by atoms with van der Waals surface area (Å²) in [6.45, 7) is 9.06. The number of amides is 2. The zero-order valence-corrected chi connectivity index (χ0v) is 17.0. The highest BCUT2D eigenvalue weighted by molar-refractivity contribution is 6.43. The van der Waals surface area contributed by atoms with E-state index in [0.29, 0.717) is 5.69 Å². The summed E-state index contributed by atoms with van der Waals surface area (Å²) in [5, 5.41) is 22.2. The first-order valence-electron chi connectivity index (χ1n) is 9.48. The predicted octanol–water partition coefficient (Wildman–Crippen LogP) is 1.95. The van der Waals surface area contributed by atoms with Crippen LogP contribution in [0.1, 0.15) is 23.6 Å². The molecule has 0 radical (unpaired) electrons. The van der Waals surface area contributed by atoms with Crippen molar-refractivity contribution in [1.82, 2.24) is 5.32 Å². The SMILES string of the molecule is C=CC(=O)N(c1ccccc1)[C@@H](C)C(=O)NC(Cc1ccc(C)c(C)c1)B(O)O. The van der Waals surface area contributed by atoms with Crippen LogP contribution < -0.4 is 10.2 Å². The lowest BCUT2D eigenvalue weighted by atomic mass is 9.75. The molecular weight excluding hydrogens is 367 g/mol. The Morgan fingerprint density at radius 2 is 1.79 bits per heavy atom. The molecule has 2 amide bonds. The predicted molar refractivity (Wildman–Crippen MR) is 115 cm³/mol. The number of carbonyl (C=O) groups is 2. The third kappa shape index (κ3) is 5.79. The van der Waals surface area contributed by atoms with E-state index >= 15 is 0 Å². The van der Waals surface area contributed by atoms with Gasteiger partial charge < -0.3 is 15.4 Å². The quantitative estimate of drug-likeness (QED) is 0.472. The molecule has 2 aromatic carbocycles. The van der Waals surface area contributed by atoms with Gasteiger partial charge in [0.2, 0.25) is 5.91 Å². The first-order chi connectivity index (χ1) is 13.7. The van der Waals surface area contributed by atoms with Gasteiger partial charge in [-0.1, -0.05) is 43.0 Å². The zero-order chi connectivity index (χ0) is 21.6. The van der Waals surface area contributed by atoms with Gasteiger partial charge in [0, 0.05) is 5.69 Å². The molecule has 0 aromatic heterocycles. The van der Waals surface area contributed by atoms with Crippen LogP contribution in [0, 0.1) is 13.8 Å². The number of anilines is 1. The van der Waals surface area contributed by atoms with Gasteiger partial charge in [-0.25, -0.2) is 0 Å². The number of carbonyl (C=O) groups excluding carboxylic acids is 2. The molecule has 0 fully saturated rings. The Morgan fingerprint density at radius 3 is 2.34 bits per heavy atom. The summed E-state index contributed by atoms with van der Waals surface area (Å²) in [4.78, 5) is 26.5. The smallest absolute Gasteiger partial charge is 0.426 e. The third-order valence-corrected chi connectivity index (χ3v) is 4.93. The van der Waals surface area contributed by atoms with Crippen molar-refractivity contribution in [2.24, 2.45) is 0 Å². The summed E-state index contributed by atoms with van der Waals surface area (Å²) in [5.74, 6) is -1.83. The molecule has 3 N–H and O–H groups in total. The number of benzene rings is 2. The fraction of sp³-hybridized carbons (Fsp3) is 0.273. The van der Waals surface area contributed by atoms with Gasteiger partial charge in [0.05, 0.1) is 5.94 Å². The Kier molecular flexibility index (Phi) is 7.76. The molecule has 6 nitrogen and oxygen atoms in total. The van der Waals surface area contributed by atoms with Crippen molar-refractivity contribution < 1.29 is 19.6 Å². The summed E-state index contributed by atoms with van der Waals surface area (Å²) in [6, 6.07) is 13.7. The van der Waals surface area contributed by atoms with E-state index in [1.165, 1.54) is 4.90 Å². The van der Waals surface area contributed by atoms with Gasteiger partial charge in [-0.15, -0.1) is 0 Å². The van der Waals surface area contributed by atoms with Crippen LogP contribution in [0.4, 0.5) is 5.69 Å². The standard InChI is InChI=1S/C22H27BN2O4/c1-5-21(26)25(19-9-7-6-8-10-19)17(4)22(27)24-20(23(28)29)14-18-12-11-15(2)16(3)13-18/h5-13,17,20,28-29H,1,14H2,2-4H3,(H,24,27)/t17-,20?/m0/s1. The molecule has 0 spiro atoms. The maximum absolute atomic E-state index is 12.8. The van der Waals surface area contributed by atoms with Gasteiger partial charge >= 0.3 is 7.12 Å². The third-order valence-electron chi connectivity index (χ3n) is 4.93. The van der Waals surface area contributed by atoms with E-state index in [4.69, 9.17) is 0 Å². The lowest BCUT2D eigenvalue weighted by molar-refractivity contribution is -0.125. The average molecular weight is 394 g/mol. The Morgan fingerprint density at radius 1 is 1.14 bits per heavy atom. The number of hydrogen-bond donors (Lipinski definition) is 3. The van der Waals surface area contributed by atoms with Crippen LogP contribution in [-0.4, -0.2) is 41.0 Å². The first kappa shape index (κ1) is 22.4. The van der Waals surface area contributed by atoms with Crippen molar-refractivity contribution in [1.29, 1.82) is 0 Å². The van der Waals surface area contributed by atoms with E-state index in [-0.39, 0.29) is 6.42 Å². The Bertz CT molecular complexity index is 870. The van der Waals surface area contributed by atoms with Crippen LogP contribution in [0.25, 0.3) is 0 Å². The number of aryl methyl sites for hydroxylation is 2.